The summed E-state index contributed by atoms with van der Waals surface area (Å²) < 4.78 is 10.3. The fraction of sp³-hybridized carbons (Fsp3) is 0.312. The first-order chi connectivity index (χ1) is 9.22. The van der Waals surface area contributed by atoms with E-state index < -0.39 is 0 Å². The van der Waals surface area contributed by atoms with Crippen molar-refractivity contribution in [2.24, 2.45) is 0 Å². The molecule has 0 amide bonds. The van der Waals surface area contributed by atoms with Crippen molar-refractivity contribution >= 4 is 16.7 Å². The second-order valence-electron chi connectivity index (χ2n) is 4.39. The summed E-state index contributed by atoms with van der Waals surface area (Å²) in [6.07, 6.45) is 0.678. The summed E-state index contributed by atoms with van der Waals surface area (Å²) in [5.41, 5.74) is 0.912. The smallest absolute Gasteiger partial charge is 0.313 e. The van der Waals surface area contributed by atoms with E-state index in [1.54, 1.807) is 7.11 Å². The number of hydrogen-bond acceptors (Lipinski definition) is 3. The van der Waals surface area contributed by atoms with E-state index in [4.69, 9.17) is 9.47 Å². The fourth-order valence-corrected chi connectivity index (χ4v) is 2.44. The average molecular weight is 258 g/mol. The van der Waals surface area contributed by atoms with Crippen molar-refractivity contribution in [3.63, 3.8) is 0 Å². The Morgan fingerprint density at radius 3 is 2.53 bits per heavy atom. The van der Waals surface area contributed by atoms with Crippen LogP contribution in [-0.4, -0.2) is 20.2 Å². The summed E-state index contributed by atoms with van der Waals surface area (Å²) in [6.45, 7) is 1.98. The molecule has 0 radical (unpaired) electrons. The molecule has 1 unspecified atom stereocenters. The Labute approximate surface area is 113 Å². The maximum Gasteiger partial charge on any atom is 0.313 e. The second kappa shape index (κ2) is 5.74. The predicted molar refractivity (Wildman–Crippen MR) is 75.5 cm³/mol. The quantitative estimate of drug-likeness (QED) is 0.787. The topological polar surface area (TPSA) is 35.5 Å². The molecule has 3 heteroatoms. The molecule has 19 heavy (non-hydrogen) atoms. The van der Waals surface area contributed by atoms with Gasteiger partial charge in [0.2, 0.25) is 0 Å². The Hall–Kier alpha value is -2.03. The third-order valence-electron chi connectivity index (χ3n) is 3.39. The number of hydrogen-bond donors (Lipinski definition) is 0. The van der Waals surface area contributed by atoms with E-state index in [2.05, 4.69) is 0 Å². The highest BCUT2D eigenvalue weighted by atomic mass is 16.5. The van der Waals surface area contributed by atoms with Gasteiger partial charge in [-0.05, 0) is 23.3 Å². The minimum absolute atomic E-state index is 0.225. The van der Waals surface area contributed by atoms with Crippen molar-refractivity contribution in [1.29, 1.82) is 0 Å². The summed E-state index contributed by atoms with van der Waals surface area (Å²) in [4.78, 5) is 12.0. The van der Waals surface area contributed by atoms with E-state index >= 15 is 0 Å². The van der Waals surface area contributed by atoms with E-state index in [0.717, 1.165) is 22.1 Å². The molecule has 3 nitrogen and oxygen atoms in total. The molecule has 0 fully saturated rings. The summed E-state index contributed by atoms with van der Waals surface area (Å²) in [5.74, 6) is 0.208. The summed E-state index contributed by atoms with van der Waals surface area (Å²) >= 11 is 0. The van der Waals surface area contributed by atoms with Gasteiger partial charge in [-0.15, -0.1) is 0 Å². The van der Waals surface area contributed by atoms with Gasteiger partial charge in [0.05, 0.1) is 20.1 Å². The first-order valence-corrected chi connectivity index (χ1v) is 6.36. The molecule has 0 bridgehead atoms. The van der Waals surface area contributed by atoms with Gasteiger partial charge >= 0.3 is 5.97 Å². The van der Waals surface area contributed by atoms with E-state index in [-0.39, 0.29) is 11.9 Å². The molecule has 0 heterocycles. The predicted octanol–water partition coefficient (Wildman–Crippen LogP) is 3.52. The molecule has 0 saturated heterocycles. The lowest BCUT2D eigenvalue weighted by molar-refractivity contribution is -0.142. The van der Waals surface area contributed by atoms with Crippen LogP contribution < -0.4 is 4.74 Å². The van der Waals surface area contributed by atoms with Gasteiger partial charge in [0, 0.05) is 5.56 Å². The molecule has 1 atom stereocenters. The molecular formula is C16H18O3. The maximum atomic E-state index is 12.0. The lowest BCUT2D eigenvalue weighted by atomic mass is 9.90. The number of ether oxygens (including phenoxy) is 2. The van der Waals surface area contributed by atoms with Crippen LogP contribution in [0.15, 0.2) is 36.4 Å². The highest BCUT2D eigenvalue weighted by Gasteiger charge is 2.25. The zero-order chi connectivity index (χ0) is 13.8. The zero-order valence-electron chi connectivity index (χ0n) is 11.5. The van der Waals surface area contributed by atoms with Crippen molar-refractivity contribution < 1.29 is 14.3 Å². The number of fused-ring (bicyclic) bond motifs is 1. The van der Waals surface area contributed by atoms with E-state index in [9.17, 15) is 4.79 Å². The highest BCUT2D eigenvalue weighted by Crippen LogP contribution is 2.36. The monoisotopic (exact) mass is 258 g/mol. The molecule has 0 saturated carbocycles. The van der Waals surface area contributed by atoms with E-state index in [1.807, 2.05) is 43.3 Å². The minimum Gasteiger partial charge on any atom is -0.496 e. The SMILES string of the molecule is CCC(C(=O)OC)c1c(OC)ccc2ccccc12. The Bertz CT molecular complexity index is 590. The summed E-state index contributed by atoms with van der Waals surface area (Å²) in [6, 6.07) is 11.9. The lowest BCUT2D eigenvalue weighted by Crippen LogP contribution is -2.14. The third kappa shape index (κ3) is 2.41. The molecule has 0 aliphatic heterocycles. The van der Waals surface area contributed by atoms with Crippen molar-refractivity contribution in [2.75, 3.05) is 14.2 Å². The van der Waals surface area contributed by atoms with Crippen molar-refractivity contribution in [3.8, 4) is 5.75 Å². The highest BCUT2D eigenvalue weighted by molar-refractivity contribution is 5.93. The number of carbonyl (C=O) groups excluding carboxylic acids is 1. The van der Waals surface area contributed by atoms with Gasteiger partial charge in [0.25, 0.3) is 0 Å². The number of methoxy groups -OCH3 is 2. The molecule has 0 N–H and O–H groups in total. The van der Waals surface area contributed by atoms with Crippen LogP contribution in [-0.2, 0) is 9.53 Å². The zero-order valence-corrected chi connectivity index (χ0v) is 11.5. The Kier molecular flexibility index (Phi) is 4.05. The Morgan fingerprint density at radius 2 is 1.89 bits per heavy atom. The Morgan fingerprint density at radius 1 is 1.16 bits per heavy atom. The van der Waals surface area contributed by atoms with Gasteiger partial charge in [-0.3, -0.25) is 4.79 Å². The molecule has 0 aliphatic carbocycles. The number of rotatable bonds is 4. The average Bonchev–Trinajstić information content (AvgIpc) is 2.47. The maximum absolute atomic E-state index is 12.0. The van der Waals surface area contributed by atoms with Crippen molar-refractivity contribution in [1.82, 2.24) is 0 Å². The summed E-state index contributed by atoms with van der Waals surface area (Å²) in [5, 5.41) is 2.14. The van der Waals surface area contributed by atoms with Crippen LogP contribution >= 0.6 is 0 Å². The first kappa shape index (κ1) is 13.4. The molecule has 0 spiro atoms. The Balaban J connectivity index is 2.70. The van der Waals surface area contributed by atoms with E-state index in [1.165, 1.54) is 7.11 Å². The van der Waals surface area contributed by atoms with Crippen LogP contribution in [0.1, 0.15) is 24.8 Å². The molecule has 2 aromatic rings. The normalized spacial score (nSPS) is 12.2. The lowest BCUT2D eigenvalue weighted by Gasteiger charge is -2.18. The van der Waals surface area contributed by atoms with Gasteiger partial charge in [0.1, 0.15) is 5.75 Å². The van der Waals surface area contributed by atoms with Gasteiger partial charge in [-0.2, -0.15) is 0 Å². The van der Waals surface area contributed by atoms with Crippen LogP contribution in [0.25, 0.3) is 10.8 Å². The van der Waals surface area contributed by atoms with Crippen LogP contribution in [0.2, 0.25) is 0 Å². The fourth-order valence-electron chi connectivity index (χ4n) is 2.44. The molecule has 2 rings (SSSR count). The van der Waals surface area contributed by atoms with Gasteiger partial charge < -0.3 is 9.47 Å². The van der Waals surface area contributed by atoms with Crippen molar-refractivity contribution in [3.05, 3.63) is 42.0 Å². The number of carbonyl (C=O) groups is 1. The van der Waals surface area contributed by atoms with Gasteiger partial charge in [-0.1, -0.05) is 37.3 Å². The van der Waals surface area contributed by atoms with Crippen LogP contribution in [0.3, 0.4) is 0 Å². The van der Waals surface area contributed by atoms with Crippen LogP contribution in [0, 0.1) is 0 Å². The number of benzene rings is 2. The van der Waals surface area contributed by atoms with Crippen LogP contribution in [0.5, 0.6) is 5.75 Å². The van der Waals surface area contributed by atoms with Gasteiger partial charge in [-0.25, -0.2) is 0 Å². The summed E-state index contributed by atoms with van der Waals surface area (Å²) in [7, 11) is 3.04. The third-order valence-corrected chi connectivity index (χ3v) is 3.39. The molecule has 100 valence electrons. The van der Waals surface area contributed by atoms with E-state index in [0.29, 0.717) is 6.42 Å². The standard InChI is InChI=1S/C16H18O3/c1-4-12(16(17)19-3)15-13-8-6-5-7-11(13)9-10-14(15)18-2/h5-10,12H,4H2,1-3H3. The molecular weight excluding hydrogens is 240 g/mol. The molecule has 2 aromatic carbocycles. The largest absolute Gasteiger partial charge is 0.496 e. The second-order valence-corrected chi connectivity index (χ2v) is 4.39. The van der Waals surface area contributed by atoms with Crippen LogP contribution in [0.4, 0.5) is 0 Å². The van der Waals surface area contributed by atoms with Gasteiger partial charge in [0.15, 0.2) is 0 Å². The minimum atomic E-state index is -0.300. The molecule has 0 aliphatic rings. The molecule has 0 aromatic heterocycles. The van der Waals surface area contributed by atoms with Crippen molar-refractivity contribution in [2.45, 2.75) is 19.3 Å². The number of esters is 1. The first-order valence-electron chi connectivity index (χ1n) is 6.36.